The van der Waals surface area contributed by atoms with Gasteiger partial charge in [-0.3, -0.25) is 0 Å². The molecule has 0 aliphatic heterocycles. The summed E-state index contributed by atoms with van der Waals surface area (Å²) >= 11 is 1.53. The first-order valence-corrected chi connectivity index (χ1v) is 11.6. The molecule has 0 amide bonds. The van der Waals surface area contributed by atoms with Crippen molar-refractivity contribution < 1.29 is 14.6 Å². The van der Waals surface area contributed by atoms with Crippen molar-refractivity contribution in [3.05, 3.63) is 126 Å². The van der Waals surface area contributed by atoms with Crippen molar-refractivity contribution in [2.75, 3.05) is 0 Å². The molecule has 1 aromatic heterocycles. The van der Waals surface area contributed by atoms with Crippen LogP contribution in [0.4, 0.5) is 0 Å². The van der Waals surface area contributed by atoms with Crippen LogP contribution >= 0.6 is 11.8 Å². The van der Waals surface area contributed by atoms with Crippen LogP contribution in [0.1, 0.15) is 22.4 Å². The van der Waals surface area contributed by atoms with E-state index < -0.39 is 16.8 Å². The minimum Gasteiger partial charge on any atom is -0.478 e. The maximum absolute atomic E-state index is 12.8. The zero-order valence-corrected chi connectivity index (χ0v) is 19.0. The van der Waals surface area contributed by atoms with Gasteiger partial charge in [-0.15, -0.1) is 11.8 Å². The average molecular weight is 457 g/mol. The molecule has 0 aliphatic rings. The van der Waals surface area contributed by atoms with E-state index in [4.69, 9.17) is 4.74 Å². The largest absolute Gasteiger partial charge is 0.478 e. The highest BCUT2D eigenvalue weighted by Crippen LogP contribution is 2.48. The first kappa shape index (κ1) is 22.6. The number of ether oxygens (including phenoxy) is 1. The Morgan fingerprint density at radius 3 is 1.97 bits per heavy atom. The number of hydrogen-bond acceptors (Lipinski definition) is 5. The van der Waals surface area contributed by atoms with Crippen LogP contribution < -0.4 is 4.74 Å². The summed E-state index contributed by atoms with van der Waals surface area (Å²) in [6.07, 6.45) is 0.290. The van der Waals surface area contributed by atoms with Crippen LogP contribution in [0, 0.1) is 6.92 Å². The van der Waals surface area contributed by atoms with E-state index >= 15 is 0 Å². The quantitative estimate of drug-likeness (QED) is 0.359. The summed E-state index contributed by atoms with van der Waals surface area (Å²) in [4.78, 5) is 21.3. The van der Waals surface area contributed by atoms with Crippen molar-refractivity contribution in [2.24, 2.45) is 0 Å². The van der Waals surface area contributed by atoms with Gasteiger partial charge >= 0.3 is 12.0 Å². The van der Waals surface area contributed by atoms with Gasteiger partial charge in [-0.05, 0) is 29.7 Å². The molecule has 3 aromatic carbocycles. The summed E-state index contributed by atoms with van der Waals surface area (Å²) in [6.45, 7) is 1.82. The molecule has 1 atom stereocenters. The van der Waals surface area contributed by atoms with Crippen molar-refractivity contribution >= 4 is 17.7 Å². The summed E-state index contributed by atoms with van der Waals surface area (Å²) in [5, 5.41) is 10.5. The number of hydrogen-bond donors (Lipinski definition) is 1. The molecule has 33 heavy (non-hydrogen) atoms. The van der Waals surface area contributed by atoms with E-state index in [0.29, 0.717) is 11.4 Å². The maximum Gasteiger partial charge on any atom is 0.347 e. The molecule has 4 rings (SSSR count). The van der Waals surface area contributed by atoms with Gasteiger partial charge in [-0.1, -0.05) is 91.0 Å². The number of carboxylic acid groups (broad SMARTS) is 1. The first-order valence-electron chi connectivity index (χ1n) is 10.6. The van der Waals surface area contributed by atoms with E-state index in [1.165, 1.54) is 11.8 Å². The molecule has 6 heteroatoms. The fourth-order valence-corrected chi connectivity index (χ4v) is 5.24. The van der Waals surface area contributed by atoms with Crippen LogP contribution in [0.5, 0.6) is 6.01 Å². The second-order valence-electron chi connectivity index (χ2n) is 7.56. The Morgan fingerprint density at radius 2 is 1.45 bits per heavy atom. The number of aryl methyl sites for hydroxylation is 1. The fraction of sp³-hybridized carbons (Fsp3) is 0.148. The number of carbonyl (C=O) groups is 1. The van der Waals surface area contributed by atoms with Gasteiger partial charge in [0.25, 0.3) is 0 Å². The van der Waals surface area contributed by atoms with E-state index in [-0.39, 0.29) is 6.01 Å². The highest BCUT2D eigenvalue weighted by Gasteiger charge is 2.49. The van der Waals surface area contributed by atoms with Gasteiger partial charge in [0.1, 0.15) is 4.75 Å². The zero-order chi connectivity index (χ0) is 23.1. The molecule has 5 nitrogen and oxygen atoms in total. The summed E-state index contributed by atoms with van der Waals surface area (Å²) in [6, 6.07) is 31.1. The Kier molecular flexibility index (Phi) is 7.05. The van der Waals surface area contributed by atoms with Gasteiger partial charge in [-0.25, -0.2) is 14.8 Å². The lowest BCUT2D eigenvalue weighted by Crippen LogP contribution is -2.47. The van der Waals surface area contributed by atoms with Crippen LogP contribution in [-0.2, 0) is 15.3 Å². The van der Waals surface area contributed by atoms with Crippen molar-refractivity contribution in [2.45, 2.75) is 23.5 Å². The molecule has 0 fully saturated rings. The number of aromatic nitrogens is 2. The second-order valence-corrected chi connectivity index (χ2v) is 8.78. The van der Waals surface area contributed by atoms with Crippen LogP contribution in [0.2, 0.25) is 0 Å². The minimum absolute atomic E-state index is 0.0407. The number of benzene rings is 3. The van der Waals surface area contributed by atoms with E-state index in [9.17, 15) is 9.90 Å². The lowest BCUT2D eigenvalue weighted by atomic mass is 9.85. The van der Waals surface area contributed by atoms with Crippen LogP contribution in [-0.4, -0.2) is 27.1 Å². The average Bonchev–Trinajstić information content (AvgIpc) is 2.85. The van der Waals surface area contributed by atoms with Gasteiger partial charge in [0.2, 0.25) is 6.10 Å². The molecule has 1 heterocycles. The SMILES string of the molecule is Cc1ccnc(OC(C(=O)O)C(SCc2ccccc2)(c2ccccc2)c2ccccc2)n1. The molecule has 1 N–H and O–H groups in total. The summed E-state index contributed by atoms with van der Waals surface area (Å²) < 4.78 is 5.02. The molecule has 0 saturated carbocycles. The number of thioether (sulfide) groups is 1. The molecule has 0 saturated heterocycles. The third-order valence-corrected chi connectivity index (χ3v) is 6.92. The van der Waals surface area contributed by atoms with Gasteiger partial charge < -0.3 is 9.84 Å². The predicted octanol–water partition coefficient (Wildman–Crippen LogP) is 5.49. The molecule has 0 radical (unpaired) electrons. The highest BCUT2D eigenvalue weighted by molar-refractivity contribution is 7.99. The monoisotopic (exact) mass is 456 g/mol. The Bertz CT molecular complexity index is 1150. The summed E-state index contributed by atoms with van der Waals surface area (Å²) in [7, 11) is 0. The standard InChI is InChI=1S/C27H24N2O3S/c1-20-17-18-28-26(29-20)32-24(25(30)31)27(22-13-7-3-8-14-22,23-15-9-4-10-16-23)33-19-21-11-5-2-6-12-21/h2-18,24H,19H2,1H3,(H,30,31). The zero-order valence-electron chi connectivity index (χ0n) is 18.2. The molecule has 0 spiro atoms. The first-order chi connectivity index (χ1) is 16.1. The molecule has 166 valence electrons. The lowest BCUT2D eigenvalue weighted by Gasteiger charge is -2.38. The number of rotatable bonds is 9. The Labute approximate surface area is 197 Å². The Morgan fingerprint density at radius 1 is 0.909 bits per heavy atom. The van der Waals surface area contributed by atoms with Crippen LogP contribution in [0.25, 0.3) is 0 Å². The molecule has 4 aromatic rings. The summed E-state index contributed by atoms with van der Waals surface area (Å²) in [5.41, 5.74) is 3.45. The van der Waals surface area contributed by atoms with Crippen molar-refractivity contribution in [3.63, 3.8) is 0 Å². The third kappa shape index (κ3) is 5.07. The Balaban J connectivity index is 1.89. The fourth-order valence-electron chi connectivity index (χ4n) is 3.75. The minimum atomic E-state index is -1.28. The van der Waals surface area contributed by atoms with Crippen molar-refractivity contribution in [3.8, 4) is 6.01 Å². The molecule has 0 aliphatic carbocycles. The van der Waals surface area contributed by atoms with Gasteiger partial charge in [0, 0.05) is 17.6 Å². The number of carboxylic acids is 1. The van der Waals surface area contributed by atoms with E-state index in [2.05, 4.69) is 9.97 Å². The van der Waals surface area contributed by atoms with Crippen LogP contribution in [0.3, 0.4) is 0 Å². The molecular formula is C27H24N2O3S. The number of aliphatic carboxylic acids is 1. The highest BCUT2D eigenvalue weighted by atomic mass is 32.2. The van der Waals surface area contributed by atoms with E-state index in [0.717, 1.165) is 16.7 Å². The lowest BCUT2D eigenvalue weighted by molar-refractivity contribution is -0.146. The normalized spacial score (nSPS) is 12.2. The van der Waals surface area contributed by atoms with E-state index in [1.54, 1.807) is 12.3 Å². The van der Waals surface area contributed by atoms with Gasteiger partial charge in [-0.2, -0.15) is 0 Å². The van der Waals surface area contributed by atoms with Gasteiger partial charge in [0.05, 0.1) is 0 Å². The maximum atomic E-state index is 12.8. The third-order valence-electron chi connectivity index (χ3n) is 5.30. The molecule has 0 bridgehead atoms. The molecular weight excluding hydrogens is 432 g/mol. The van der Waals surface area contributed by atoms with E-state index in [1.807, 2.05) is 97.9 Å². The van der Waals surface area contributed by atoms with Crippen molar-refractivity contribution in [1.82, 2.24) is 9.97 Å². The van der Waals surface area contributed by atoms with Gasteiger partial charge in [0.15, 0.2) is 0 Å². The van der Waals surface area contributed by atoms with Crippen molar-refractivity contribution in [1.29, 1.82) is 0 Å². The molecule has 1 unspecified atom stereocenters. The smallest absolute Gasteiger partial charge is 0.347 e. The number of nitrogens with zero attached hydrogens (tertiary/aromatic N) is 2. The van der Waals surface area contributed by atoms with Crippen LogP contribution in [0.15, 0.2) is 103 Å². The summed E-state index contributed by atoms with van der Waals surface area (Å²) in [5.74, 6) is -0.500. The second kappa shape index (κ2) is 10.3. The topological polar surface area (TPSA) is 72.3 Å². The predicted molar refractivity (Wildman–Crippen MR) is 130 cm³/mol. The Hall–Kier alpha value is -3.64.